The largest absolute Gasteiger partial charge is 0.463 e. The summed E-state index contributed by atoms with van der Waals surface area (Å²) in [6.45, 7) is 6.55. The van der Waals surface area contributed by atoms with Gasteiger partial charge in [0, 0.05) is 17.1 Å². The molecule has 2 aromatic rings. The number of amides is 1. The molecule has 0 bridgehead atoms. The Bertz CT molecular complexity index is 1140. The van der Waals surface area contributed by atoms with E-state index in [0.717, 1.165) is 28.4 Å². The first-order valence-electron chi connectivity index (χ1n) is 11.0. The van der Waals surface area contributed by atoms with Crippen LogP contribution in [0.2, 0.25) is 0 Å². The van der Waals surface area contributed by atoms with E-state index < -0.39 is 6.04 Å². The molecule has 4 rings (SSSR count). The van der Waals surface area contributed by atoms with Crippen molar-refractivity contribution in [2.45, 2.75) is 39.7 Å². The smallest absolute Gasteiger partial charge is 0.338 e. The average molecular weight is 482 g/mol. The second-order valence-corrected chi connectivity index (χ2v) is 9.69. The Balaban J connectivity index is 1.58. The maximum absolute atomic E-state index is 13.0. The highest BCUT2D eigenvalue weighted by Crippen LogP contribution is 2.45. The van der Waals surface area contributed by atoms with E-state index in [1.807, 2.05) is 59.9 Å². The van der Waals surface area contributed by atoms with E-state index in [0.29, 0.717) is 17.8 Å². The quantitative estimate of drug-likeness (QED) is 0.541. The van der Waals surface area contributed by atoms with Crippen molar-refractivity contribution in [3.05, 3.63) is 80.2 Å². The van der Waals surface area contributed by atoms with Gasteiger partial charge in [-0.25, -0.2) is 9.79 Å². The maximum atomic E-state index is 13.0. The highest BCUT2D eigenvalue weighted by atomic mass is 32.2. The predicted octanol–water partition coefficient (Wildman–Crippen LogP) is 4.94. The number of hydrogen-bond donors (Lipinski definition) is 1. The lowest BCUT2D eigenvalue weighted by atomic mass is 9.91. The molecule has 172 valence electrons. The van der Waals surface area contributed by atoms with Crippen molar-refractivity contribution in [3.63, 3.8) is 0 Å². The lowest BCUT2D eigenvalue weighted by Crippen LogP contribution is -2.38. The van der Waals surface area contributed by atoms with Crippen molar-refractivity contribution in [1.29, 1.82) is 0 Å². The van der Waals surface area contributed by atoms with Crippen LogP contribution in [0.3, 0.4) is 0 Å². The average Bonchev–Trinajstić information content (AvgIpc) is 3.44. The highest BCUT2D eigenvalue weighted by molar-refractivity contribution is 8.16. The molecule has 6 nitrogen and oxygen atoms in total. The predicted molar refractivity (Wildman–Crippen MR) is 134 cm³/mol. The van der Waals surface area contributed by atoms with E-state index in [2.05, 4.69) is 16.4 Å². The van der Waals surface area contributed by atoms with Gasteiger partial charge in [-0.05, 0) is 55.2 Å². The Hall–Kier alpha value is -2.84. The molecule has 1 aromatic carbocycles. The summed E-state index contributed by atoms with van der Waals surface area (Å²) in [5.41, 5.74) is 4.06. The Morgan fingerprint density at radius 1 is 1.18 bits per heavy atom. The SMILES string of the molecule is CCOC(=O)C1=C(C)N=C2SC=C(CC(=O)NCCc3cccs3)N2C1c1ccccc1C. The molecule has 1 amide bonds. The molecular formula is C25H27N3O3S2. The Morgan fingerprint density at radius 2 is 2.00 bits per heavy atom. The van der Waals surface area contributed by atoms with Gasteiger partial charge < -0.3 is 15.0 Å². The number of thioether (sulfide) groups is 1. The van der Waals surface area contributed by atoms with Gasteiger partial charge >= 0.3 is 5.97 Å². The standard InChI is InChI=1S/C25H27N3O3S2/c1-4-31-24(30)22-17(3)27-25-28(23(22)20-10-6-5-8-16(20)2)18(15-33-25)14-21(29)26-12-11-19-9-7-13-32-19/h5-10,13,15,23H,4,11-12,14H2,1-3H3,(H,26,29). The molecule has 1 atom stereocenters. The molecule has 0 spiro atoms. The van der Waals surface area contributed by atoms with Gasteiger partial charge in [0.25, 0.3) is 0 Å². The Morgan fingerprint density at radius 3 is 2.73 bits per heavy atom. The van der Waals surface area contributed by atoms with Gasteiger partial charge in [0.1, 0.15) is 0 Å². The molecule has 1 aromatic heterocycles. The fourth-order valence-electron chi connectivity index (χ4n) is 4.03. The summed E-state index contributed by atoms with van der Waals surface area (Å²) in [5.74, 6) is -0.421. The first kappa shape index (κ1) is 23.3. The van der Waals surface area contributed by atoms with E-state index in [-0.39, 0.29) is 24.9 Å². The maximum Gasteiger partial charge on any atom is 0.338 e. The van der Waals surface area contributed by atoms with Crippen molar-refractivity contribution in [3.8, 4) is 0 Å². The van der Waals surface area contributed by atoms with E-state index in [1.54, 1.807) is 18.3 Å². The van der Waals surface area contributed by atoms with Crippen LogP contribution in [0.15, 0.2) is 69.1 Å². The number of rotatable bonds is 8. The summed E-state index contributed by atoms with van der Waals surface area (Å²) >= 11 is 3.17. The number of aryl methyl sites for hydroxylation is 1. The number of thiophene rings is 1. The Kier molecular flexibility index (Phi) is 7.35. The number of carbonyl (C=O) groups excluding carboxylic acids is 2. The van der Waals surface area contributed by atoms with Gasteiger partial charge in [-0.3, -0.25) is 4.79 Å². The van der Waals surface area contributed by atoms with Gasteiger partial charge in [-0.2, -0.15) is 0 Å². The number of esters is 1. The van der Waals surface area contributed by atoms with Crippen LogP contribution >= 0.6 is 23.1 Å². The third kappa shape index (κ3) is 5.07. The van der Waals surface area contributed by atoms with E-state index in [1.165, 1.54) is 16.6 Å². The van der Waals surface area contributed by atoms with Crippen LogP contribution in [0.25, 0.3) is 0 Å². The van der Waals surface area contributed by atoms with Crippen LogP contribution in [0.1, 0.15) is 42.3 Å². The number of amidine groups is 1. The zero-order valence-corrected chi connectivity index (χ0v) is 20.6. The van der Waals surface area contributed by atoms with Gasteiger partial charge in [-0.1, -0.05) is 42.1 Å². The van der Waals surface area contributed by atoms with Crippen molar-refractivity contribution in [2.75, 3.05) is 13.2 Å². The molecule has 0 saturated heterocycles. The topological polar surface area (TPSA) is 71.0 Å². The molecule has 0 fully saturated rings. The lowest BCUT2D eigenvalue weighted by Gasteiger charge is -2.37. The summed E-state index contributed by atoms with van der Waals surface area (Å²) in [6, 6.07) is 11.7. The van der Waals surface area contributed by atoms with Crippen LogP contribution < -0.4 is 5.32 Å². The van der Waals surface area contributed by atoms with Crippen LogP contribution in [0, 0.1) is 6.92 Å². The van der Waals surface area contributed by atoms with Crippen molar-refractivity contribution in [1.82, 2.24) is 10.2 Å². The number of nitrogens with zero attached hydrogens (tertiary/aromatic N) is 2. The third-order valence-corrected chi connectivity index (χ3v) is 7.42. The zero-order valence-electron chi connectivity index (χ0n) is 19.0. The van der Waals surface area contributed by atoms with Crippen LogP contribution in [-0.4, -0.2) is 35.1 Å². The summed E-state index contributed by atoms with van der Waals surface area (Å²) < 4.78 is 5.40. The monoisotopic (exact) mass is 481 g/mol. The second-order valence-electron chi connectivity index (χ2n) is 7.83. The number of nitrogens with one attached hydrogen (secondary N) is 1. The van der Waals surface area contributed by atoms with Crippen molar-refractivity contribution < 1.29 is 14.3 Å². The summed E-state index contributed by atoms with van der Waals surface area (Å²) in [5, 5.41) is 7.79. The van der Waals surface area contributed by atoms with Crippen LogP contribution in [-0.2, 0) is 20.7 Å². The molecule has 0 radical (unpaired) electrons. The molecular weight excluding hydrogens is 454 g/mol. The fraction of sp³-hybridized carbons (Fsp3) is 0.320. The third-order valence-electron chi connectivity index (χ3n) is 5.59. The first-order chi connectivity index (χ1) is 16.0. The molecule has 1 unspecified atom stereocenters. The second kappa shape index (κ2) is 10.4. The van der Waals surface area contributed by atoms with Gasteiger partial charge in [0.2, 0.25) is 5.91 Å². The minimum Gasteiger partial charge on any atom is -0.463 e. The molecule has 0 saturated carbocycles. The van der Waals surface area contributed by atoms with Crippen LogP contribution in [0.4, 0.5) is 0 Å². The summed E-state index contributed by atoms with van der Waals surface area (Å²) in [7, 11) is 0. The van der Waals surface area contributed by atoms with E-state index in [9.17, 15) is 9.59 Å². The number of allylic oxidation sites excluding steroid dienone is 1. The number of fused-ring (bicyclic) bond motifs is 1. The van der Waals surface area contributed by atoms with Crippen molar-refractivity contribution in [2.24, 2.45) is 4.99 Å². The molecule has 2 aliphatic rings. The van der Waals surface area contributed by atoms with Gasteiger partial charge in [0.05, 0.1) is 30.3 Å². The summed E-state index contributed by atoms with van der Waals surface area (Å²) in [4.78, 5) is 33.7. The molecule has 8 heteroatoms. The number of aliphatic imine (C=N–C) groups is 1. The van der Waals surface area contributed by atoms with Gasteiger partial charge in [0.15, 0.2) is 5.17 Å². The number of hydrogen-bond acceptors (Lipinski definition) is 7. The normalized spacial score (nSPS) is 17.4. The van der Waals surface area contributed by atoms with E-state index in [4.69, 9.17) is 4.74 Å². The minimum atomic E-state index is -0.391. The molecule has 0 aliphatic carbocycles. The number of carbonyl (C=O) groups is 2. The fourth-order valence-corrected chi connectivity index (χ4v) is 5.71. The molecule has 3 heterocycles. The lowest BCUT2D eigenvalue weighted by molar-refractivity contribution is -0.139. The van der Waals surface area contributed by atoms with Crippen molar-refractivity contribution >= 4 is 40.1 Å². The minimum absolute atomic E-state index is 0.0489. The summed E-state index contributed by atoms with van der Waals surface area (Å²) in [6.07, 6.45) is 1.03. The molecule has 33 heavy (non-hydrogen) atoms. The zero-order chi connectivity index (χ0) is 23.4. The van der Waals surface area contributed by atoms with Crippen LogP contribution in [0.5, 0.6) is 0 Å². The molecule has 2 aliphatic heterocycles. The van der Waals surface area contributed by atoms with E-state index >= 15 is 0 Å². The Labute approximate surface area is 202 Å². The van der Waals surface area contributed by atoms with Gasteiger partial charge in [-0.15, -0.1) is 11.3 Å². The number of benzene rings is 1. The molecule has 1 N–H and O–H groups in total. The highest BCUT2D eigenvalue weighted by Gasteiger charge is 2.41. The first-order valence-corrected chi connectivity index (χ1v) is 12.7. The number of ether oxygens (including phenoxy) is 1.